The molecule has 0 aromatic carbocycles. The molecule has 0 aromatic heterocycles. The van der Waals surface area contributed by atoms with Crippen molar-refractivity contribution in [3.8, 4) is 0 Å². The highest BCUT2D eigenvalue weighted by atomic mass is 32.1. The first kappa shape index (κ1) is 11.1. The minimum absolute atomic E-state index is 0.422. The van der Waals surface area contributed by atoms with Crippen LogP contribution in [-0.4, -0.2) is 41.2 Å². The van der Waals surface area contributed by atoms with Gasteiger partial charge in [-0.1, -0.05) is 0 Å². The van der Waals surface area contributed by atoms with Crippen LogP contribution in [-0.2, 0) is 0 Å². The van der Waals surface area contributed by atoms with Gasteiger partial charge in [0.05, 0.1) is 0 Å². The van der Waals surface area contributed by atoms with Gasteiger partial charge in [-0.15, -0.1) is 0 Å². The maximum Gasteiger partial charge on any atom is 0.166 e. The fraction of sp³-hybridized carbons (Fsp3) is 0.909. The summed E-state index contributed by atoms with van der Waals surface area (Å²) in [6.45, 7) is 6.63. The molecule has 0 amide bonds. The summed E-state index contributed by atoms with van der Waals surface area (Å²) in [5, 5.41) is 7.45. The number of nitrogens with one attached hydrogen (secondary N) is 2. The predicted octanol–water partition coefficient (Wildman–Crippen LogP) is 1.10. The number of nitrogens with zero attached hydrogens (tertiary/aromatic N) is 1. The van der Waals surface area contributed by atoms with E-state index in [9.17, 15) is 0 Å². The molecule has 0 aromatic rings. The van der Waals surface area contributed by atoms with Gasteiger partial charge in [-0.25, -0.2) is 0 Å². The molecule has 2 N–H and O–H groups in total. The quantitative estimate of drug-likeness (QED) is 0.706. The third-order valence-corrected chi connectivity index (χ3v) is 3.27. The van der Waals surface area contributed by atoms with Crippen molar-refractivity contribution in [1.82, 2.24) is 15.5 Å². The Labute approximate surface area is 97.6 Å². The number of likely N-dealkylation sites (tertiary alicyclic amines) is 1. The molecule has 0 spiro atoms. The Balaban J connectivity index is 1.69. The van der Waals surface area contributed by atoms with Crippen LogP contribution in [0.25, 0.3) is 0 Å². The van der Waals surface area contributed by atoms with Crippen LogP contribution >= 0.6 is 12.2 Å². The molecular formula is C11H21N3S. The molecule has 1 aliphatic carbocycles. The summed E-state index contributed by atoms with van der Waals surface area (Å²) in [6, 6.07) is 1.87. The summed E-state index contributed by atoms with van der Waals surface area (Å²) in [5.41, 5.74) is 0. The molecule has 0 bridgehead atoms. The minimum atomic E-state index is 0.422. The summed E-state index contributed by atoms with van der Waals surface area (Å²) in [5.74, 6) is 0. The van der Waals surface area contributed by atoms with Gasteiger partial charge in [0.25, 0.3) is 0 Å². The van der Waals surface area contributed by atoms with E-state index in [0.29, 0.717) is 12.1 Å². The Kier molecular flexibility index (Phi) is 3.46. The lowest BCUT2D eigenvalue weighted by molar-refractivity contribution is 0.321. The maximum atomic E-state index is 5.25. The van der Waals surface area contributed by atoms with Crippen LogP contribution in [0.3, 0.4) is 0 Å². The highest BCUT2D eigenvalue weighted by Gasteiger charge is 2.34. The fourth-order valence-electron chi connectivity index (χ4n) is 2.17. The lowest BCUT2D eigenvalue weighted by Crippen LogP contribution is -2.45. The zero-order valence-corrected chi connectivity index (χ0v) is 10.4. The van der Waals surface area contributed by atoms with Crippen LogP contribution in [0.15, 0.2) is 0 Å². The van der Waals surface area contributed by atoms with Crippen molar-refractivity contribution >= 4 is 17.3 Å². The van der Waals surface area contributed by atoms with Crippen molar-refractivity contribution in [2.75, 3.05) is 13.1 Å². The zero-order chi connectivity index (χ0) is 10.8. The molecule has 1 atom stereocenters. The van der Waals surface area contributed by atoms with E-state index in [2.05, 4.69) is 29.4 Å². The first-order chi connectivity index (χ1) is 7.15. The van der Waals surface area contributed by atoms with E-state index in [4.69, 9.17) is 12.2 Å². The Morgan fingerprint density at radius 3 is 2.67 bits per heavy atom. The Morgan fingerprint density at radius 2 is 2.07 bits per heavy atom. The summed E-state index contributed by atoms with van der Waals surface area (Å²) >= 11 is 5.25. The van der Waals surface area contributed by atoms with Gasteiger partial charge in [0.1, 0.15) is 0 Å². The second-order valence-corrected chi connectivity index (χ2v) is 5.39. The van der Waals surface area contributed by atoms with Crippen molar-refractivity contribution in [2.24, 2.45) is 0 Å². The highest BCUT2D eigenvalue weighted by Crippen LogP contribution is 2.29. The molecule has 2 fully saturated rings. The normalized spacial score (nSPS) is 27.0. The second kappa shape index (κ2) is 4.66. The molecule has 15 heavy (non-hydrogen) atoms. The lowest BCUT2D eigenvalue weighted by Gasteiger charge is -2.19. The van der Waals surface area contributed by atoms with Gasteiger partial charge in [-0.2, -0.15) is 0 Å². The Morgan fingerprint density at radius 1 is 1.33 bits per heavy atom. The largest absolute Gasteiger partial charge is 0.361 e. The van der Waals surface area contributed by atoms with Crippen molar-refractivity contribution < 1.29 is 0 Å². The van der Waals surface area contributed by atoms with Crippen LogP contribution in [0.5, 0.6) is 0 Å². The SMILES string of the molecule is CC(C)NC(=S)NC1CCN(C2CC2)C1. The third-order valence-electron chi connectivity index (χ3n) is 3.04. The maximum absolute atomic E-state index is 5.25. The predicted molar refractivity (Wildman–Crippen MR) is 67.0 cm³/mol. The molecule has 0 radical (unpaired) electrons. The smallest absolute Gasteiger partial charge is 0.166 e. The average molecular weight is 227 g/mol. The van der Waals surface area contributed by atoms with Gasteiger partial charge in [-0.3, -0.25) is 4.90 Å². The van der Waals surface area contributed by atoms with E-state index in [1.165, 1.54) is 32.4 Å². The van der Waals surface area contributed by atoms with Crippen molar-refractivity contribution in [1.29, 1.82) is 0 Å². The zero-order valence-electron chi connectivity index (χ0n) is 9.62. The number of rotatable bonds is 3. The molecule has 1 aliphatic heterocycles. The van der Waals surface area contributed by atoms with Crippen LogP contribution in [0.4, 0.5) is 0 Å². The van der Waals surface area contributed by atoms with Gasteiger partial charge in [0.15, 0.2) is 5.11 Å². The molecule has 1 unspecified atom stereocenters. The third kappa shape index (κ3) is 3.31. The Bertz CT molecular complexity index is 238. The molecule has 2 rings (SSSR count). The van der Waals surface area contributed by atoms with Gasteiger partial charge in [0.2, 0.25) is 0 Å². The molecular weight excluding hydrogens is 206 g/mol. The van der Waals surface area contributed by atoms with E-state index in [-0.39, 0.29) is 0 Å². The molecule has 2 aliphatic rings. The van der Waals surface area contributed by atoms with Gasteiger partial charge in [0, 0.05) is 31.2 Å². The summed E-state index contributed by atoms with van der Waals surface area (Å²) in [6.07, 6.45) is 4.04. The molecule has 3 nitrogen and oxygen atoms in total. The summed E-state index contributed by atoms with van der Waals surface area (Å²) in [4.78, 5) is 2.59. The molecule has 1 heterocycles. The van der Waals surface area contributed by atoms with Crippen molar-refractivity contribution in [2.45, 2.75) is 51.2 Å². The van der Waals surface area contributed by atoms with Gasteiger partial charge < -0.3 is 10.6 Å². The number of thiocarbonyl (C=S) groups is 1. The fourth-order valence-corrected chi connectivity index (χ4v) is 2.57. The van der Waals surface area contributed by atoms with E-state index in [1.54, 1.807) is 0 Å². The Hall–Kier alpha value is -0.350. The topological polar surface area (TPSA) is 27.3 Å². The lowest BCUT2D eigenvalue weighted by atomic mass is 10.3. The molecule has 4 heteroatoms. The standard InChI is InChI=1S/C11H21N3S/c1-8(2)12-11(15)13-9-5-6-14(7-9)10-3-4-10/h8-10H,3-7H2,1-2H3,(H2,12,13,15). The number of hydrogen-bond donors (Lipinski definition) is 2. The van der Waals surface area contributed by atoms with Crippen molar-refractivity contribution in [3.05, 3.63) is 0 Å². The first-order valence-electron chi connectivity index (χ1n) is 5.96. The van der Waals surface area contributed by atoms with E-state index < -0.39 is 0 Å². The first-order valence-corrected chi connectivity index (χ1v) is 6.37. The van der Waals surface area contributed by atoms with E-state index in [1.807, 2.05) is 0 Å². The second-order valence-electron chi connectivity index (χ2n) is 4.98. The van der Waals surface area contributed by atoms with Crippen LogP contribution < -0.4 is 10.6 Å². The van der Waals surface area contributed by atoms with Crippen LogP contribution in [0.1, 0.15) is 33.1 Å². The summed E-state index contributed by atoms with van der Waals surface area (Å²) in [7, 11) is 0. The van der Waals surface area contributed by atoms with Crippen molar-refractivity contribution in [3.63, 3.8) is 0 Å². The molecule has 1 saturated heterocycles. The molecule has 1 saturated carbocycles. The van der Waals surface area contributed by atoms with Gasteiger partial charge in [-0.05, 0) is 45.3 Å². The monoisotopic (exact) mass is 227 g/mol. The van der Waals surface area contributed by atoms with Crippen LogP contribution in [0.2, 0.25) is 0 Å². The highest BCUT2D eigenvalue weighted by molar-refractivity contribution is 7.80. The van der Waals surface area contributed by atoms with Crippen LogP contribution in [0, 0.1) is 0 Å². The van der Waals surface area contributed by atoms with Gasteiger partial charge >= 0.3 is 0 Å². The minimum Gasteiger partial charge on any atom is -0.361 e. The molecule has 86 valence electrons. The number of hydrogen-bond acceptors (Lipinski definition) is 2. The summed E-state index contributed by atoms with van der Waals surface area (Å²) < 4.78 is 0. The van der Waals surface area contributed by atoms with E-state index >= 15 is 0 Å². The average Bonchev–Trinajstić information content (AvgIpc) is 2.87. The van der Waals surface area contributed by atoms with E-state index in [0.717, 1.165) is 11.2 Å².